The van der Waals surface area contributed by atoms with Gasteiger partial charge in [-0.2, -0.15) is 0 Å². The van der Waals surface area contributed by atoms with E-state index in [0.29, 0.717) is 5.76 Å². The second kappa shape index (κ2) is 3.40. The van der Waals surface area contributed by atoms with Crippen molar-refractivity contribution in [3.05, 3.63) is 24.1 Å². The first kappa shape index (κ1) is 7.33. The molecule has 3 N–H and O–H groups in total. The molecule has 0 aromatic carbocycles. The van der Waals surface area contributed by atoms with E-state index in [9.17, 15) is 0 Å². The Labute approximate surface area is 62.8 Å². The molecule has 0 unspecified atom stereocenters. The van der Waals surface area contributed by atoms with Crippen LogP contribution >= 0.6 is 0 Å². The molecule has 5 heteroatoms. The number of hydrogen-bond donors (Lipinski definition) is 2. The van der Waals surface area contributed by atoms with E-state index < -0.39 is 0 Å². The molecule has 0 saturated heterocycles. The summed E-state index contributed by atoms with van der Waals surface area (Å²) >= 11 is 0. The van der Waals surface area contributed by atoms with Gasteiger partial charge < -0.3 is 15.5 Å². The molecule has 0 radical (unpaired) electrons. The fraction of sp³-hybridized carbons (Fsp3) is 0. The summed E-state index contributed by atoms with van der Waals surface area (Å²) in [5.74, 6) is 0.568. The van der Waals surface area contributed by atoms with E-state index in [1.54, 1.807) is 12.1 Å². The summed E-state index contributed by atoms with van der Waals surface area (Å²) < 4.78 is 4.70. The number of amidine groups is 1. The van der Waals surface area contributed by atoms with Crippen LogP contribution in [0.1, 0.15) is 5.76 Å². The summed E-state index contributed by atoms with van der Waals surface area (Å²) in [5, 5.41) is 14.3. The molecule has 0 bridgehead atoms. The van der Waals surface area contributed by atoms with Crippen LogP contribution in [0.25, 0.3) is 6.08 Å². The Morgan fingerprint density at radius 1 is 1.82 bits per heavy atom. The molecule has 0 amide bonds. The molecular formula is C6H7N3O2. The van der Waals surface area contributed by atoms with Crippen molar-refractivity contribution < 1.29 is 9.73 Å². The molecular weight excluding hydrogens is 146 g/mol. The van der Waals surface area contributed by atoms with E-state index in [0.717, 1.165) is 0 Å². The summed E-state index contributed by atoms with van der Waals surface area (Å²) in [4.78, 5) is 0. The Bertz CT molecular complexity index is 263. The molecule has 0 aliphatic carbocycles. The summed E-state index contributed by atoms with van der Waals surface area (Å²) in [6.45, 7) is 0. The van der Waals surface area contributed by atoms with Crippen LogP contribution < -0.4 is 5.73 Å². The Balaban J connectivity index is 2.63. The molecule has 1 heterocycles. The number of hydrogen-bond acceptors (Lipinski definition) is 4. The van der Waals surface area contributed by atoms with E-state index in [1.165, 1.54) is 12.3 Å². The van der Waals surface area contributed by atoms with Crippen LogP contribution in [0.3, 0.4) is 0 Å². The first-order valence-electron chi connectivity index (χ1n) is 2.89. The third kappa shape index (κ3) is 2.13. The highest BCUT2D eigenvalue weighted by atomic mass is 16.5. The minimum atomic E-state index is 0.0152. The van der Waals surface area contributed by atoms with Gasteiger partial charge >= 0.3 is 0 Å². The number of nitrogens with two attached hydrogens (primary N) is 1. The van der Waals surface area contributed by atoms with Crippen molar-refractivity contribution in [1.82, 2.24) is 5.16 Å². The minimum Gasteiger partial charge on any atom is -0.409 e. The minimum absolute atomic E-state index is 0.0152. The van der Waals surface area contributed by atoms with Crippen LogP contribution in [-0.2, 0) is 0 Å². The highest BCUT2D eigenvalue weighted by molar-refractivity contribution is 5.94. The molecule has 5 nitrogen and oxygen atoms in total. The van der Waals surface area contributed by atoms with Gasteiger partial charge in [0.25, 0.3) is 0 Å². The van der Waals surface area contributed by atoms with Gasteiger partial charge in [0.1, 0.15) is 0 Å². The summed E-state index contributed by atoms with van der Waals surface area (Å²) in [7, 11) is 0. The molecule has 0 aliphatic heterocycles. The molecule has 1 aromatic heterocycles. The first-order valence-corrected chi connectivity index (χ1v) is 2.89. The first-order chi connectivity index (χ1) is 5.33. The van der Waals surface area contributed by atoms with Gasteiger partial charge in [0.05, 0.1) is 6.20 Å². The van der Waals surface area contributed by atoms with Crippen molar-refractivity contribution in [2.75, 3.05) is 0 Å². The lowest BCUT2D eigenvalue weighted by Gasteiger charge is -1.83. The Hall–Kier alpha value is -1.78. The molecule has 0 spiro atoms. The van der Waals surface area contributed by atoms with Crippen molar-refractivity contribution >= 4 is 11.9 Å². The molecule has 58 valence electrons. The maximum atomic E-state index is 8.13. The molecule has 1 rings (SSSR count). The second-order valence-corrected chi connectivity index (χ2v) is 1.77. The fourth-order valence-electron chi connectivity index (χ4n) is 0.512. The largest absolute Gasteiger partial charge is 0.409 e. The number of rotatable bonds is 2. The van der Waals surface area contributed by atoms with Gasteiger partial charge in [-0.1, -0.05) is 10.3 Å². The van der Waals surface area contributed by atoms with Crippen LogP contribution in [-0.4, -0.2) is 16.2 Å². The van der Waals surface area contributed by atoms with E-state index in [4.69, 9.17) is 15.5 Å². The fourth-order valence-corrected chi connectivity index (χ4v) is 0.512. The zero-order chi connectivity index (χ0) is 8.10. The quantitative estimate of drug-likeness (QED) is 0.279. The molecule has 0 atom stereocenters. The average molecular weight is 153 g/mol. The zero-order valence-electron chi connectivity index (χ0n) is 5.64. The SMILES string of the molecule is NC(/C=C/c1ccno1)=NO. The van der Waals surface area contributed by atoms with Crippen LogP contribution in [0.4, 0.5) is 0 Å². The maximum Gasteiger partial charge on any atom is 0.162 e. The lowest BCUT2D eigenvalue weighted by Crippen LogP contribution is -2.06. The lowest BCUT2D eigenvalue weighted by molar-refractivity contribution is 0.319. The highest BCUT2D eigenvalue weighted by Gasteiger charge is 1.89. The predicted molar refractivity (Wildman–Crippen MR) is 38.9 cm³/mol. The lowest BCUT2D eigenvalue weighted by atomic mass is 10.4. The van der Waals surface area contributed by atoms with E-state index in [-0.39, 0.29) is 5.84 Å². The topological polar surface area (TPSA) is 84.6 Å². The van der Waals surface area contributed by atoms with Gasteiger partial charge in [-0.25, -0.2) is 0 Å². The third-order valence-corrected chi connectivity index (χ3v) is 0.992. The van der Waals surface area contributed by atoms with Crippen LogP contribution in [0.15, 0.2) is 28.0 Å². The summed E-state index contributed by atoms with van der Waals surface area (Å²) in [5.41, 5.74) is 5.14. The third-order valence-electron chi connectivity index (χ3n) is 0.992. The molecule has 1 aromatic rings. The van der Waals surface area contributed by atoms with Crippen molar-refractivity contribution in [2.45, 2.75) is 0 Å². The van der Waals surface area contributed by atoms with Gasteiger partial charge in [0.2, 0.25) is 0 Å². The van der Waals surface area contributed by atoms with Crippen molar-refractivity contribution in [3.8, 4) is 0 Å². The number of nitrogens with zero attached hydrogens (tertiary/aromatic N) is 2. The Kier molecular flexibility index (Phi) is 2.27. The normalized spacial score (nSPS) is 12.5. The summed E-state index contributed by atoms with van der Waals surface area (Å²) in [6.07, 6.45) is 4.45. The average Bonchev–Trinajstić information content (AvgIpc) is 2.52. The van der Waals surface area contributed by atoms with Crippen LogP contribution in [0.2, 0.25) is 0 Å². The zero-order valence-corrected chi connectivity index (χ0v) is 5.64. The molecule has 0 fully saturated rings. The molecule has 0 aliphatic rings. The Morgan fingerprint density at radius 3 is 3.18 bits per heavy atom. The standard InChI is InChI=1S/C6H7N3O2/c7-6(9-10)2-1-5-3-4-8-11-5/h1-4,10H,(H2,7,9)/b2-1+. The smallest absolute Gasteiger partial charge is 0.162 e. The van der Waals surface area contributed by atoms with Crippen LogP contribution in [0, 0.1) is 0 Å². The van der Waals surface area contributed by atoms with Gasteiger partial charge in [0, 0.05) is 6.07 Å². The van der Waals surface area contributed by atoms with E-state index in [2.05, 4.69) is 10.3 Å². The van der Waals surface area contributed by atoms with Crippen molar-refractivity contribution in [3.63, 3.8) is 0 Å². The maximum absolute atomic E-state index is 8.13. The Morgan fingerprint density at radius 2 is 2.64 bits per heavy atom. The molecule has 0 saturated carbocycles. The van der Waals surface area contributed by atoms with Crippen LogP contribution in [0.5, 0.6) is 0 Å². The predicted octanol–water partition coefficient (Wildman–Crippen LogP) is 0.434. The van der Waals surface area contributed by atoms with Crippen molar-refractivity contribution in [2.24, 2.45) is 10.9 Å². The van der Waals surface area contributed by atoms with Gasteiger partial charge in [-0.05, 0) is 12.2 Å². The second-order valence-electron chi connectivity index (χ2n) is 1.77. The monoisotopic (exact) mass is 153 g/mol. The van der Waals surface area contributed by atoms with Gasteiger partial charge in [-0.15, -0.1) is 0 Å². The number of oxime groups is 1. The van der Waals surface area contributed by atoms with Gasteiger partial charge in [0.15, 0.2) is 11.6 Å². The van der Waals surface area contributed by atoms with Gasteiger partial charge in [-0.3, -0.25) is 0 Å². The number of aromatic nitrogens is 1. The molecule has 11 heavy (non-hydrogen) atoms. The van der Waals surface area contributed by atoms with E-state index >= 15 is 0 Å². The van der Waals surface area contributed by atoms with E-state index in [1.807, 2.05) is 0 Å². The summed E-state index contributed by atoms with van der Waals surface area (Å²) in [6, 6.07) is 1.65. The van der Waals surface area contributed by atoms with Crippen molar-refractivity contribution in [1.29, 1.82) is 0 Å². The highest BCUT2D eigenvalue weighted by Crippen LogP contribution is 1.98.